The predicted molar refractivity (Wildman–Crippen MR) is 69.2 cm³/mol. The van der Waals surface area contributed by atoms with Crippen LogP contribution in [0.1, 0.15) is 11.1 Å². The van der Waals surface area contributed by atoms with E-state index in [1.165, 1.54) is 11.7 Å². The first kappa shape index (κ1) is 12.2. The van der Waals surface area contributed by atoms with E-state index in [0.29, 0.717) is 17.9 Å². The number of phenolic OH excluding ortho intramolecular Hbond substituents is 1. The molecule has 4 heteroatoms. The molecule has 0 saturated heterocycles. The first-order valence-electron chi connectivity index (χ1n) is 5.64. The number of phenols is 1. The predicted octanol–water partition coefficient (Wildman–Crippen LogP) is 1.92. The zero-order valence-corrected chi connectivity index (χ0v) is 10.4. The number of aryl methyl sites for hydroxylation is 1. The molecule has 1 aromatic heterocycles. The van der Waals surface area contributed by atoms with E-state index in [-0.39, 0.29) is 11.3 Å². The van der Waals surface area contributed by atoms with Gasteiger partial charge in [0.2, 0.25) is 0 Å². The van der Waals surface area contributed by atoms with Gasteiger partial charge in [0.25, 0.3) is 5.56 Å². The monoisotopic (exact) mass is 245 g/mol. The molecule has 1 heterocycles. The van der Waals surface area contributed by atoms with Gasteiger partial charge in [-0.3, -0.25) is 4.79 Å². The zero-order valence-electron chi connectivity index (χ0n) is 10.4. The fraction of sp³-hybridized carbons (Fsp3) is 0.214. The lowest BCUT2D eigenvalue weighted by Gasteiger charge is -2.09. The lowest BCUT2D eigenvalue weighted by Crippen LogP contribution is -2.21. The first-order chi connectivity index (χ1) is 8.61. The van der Waals surface area contributed by atoms with Crippen molar-refractivity contribution in [2.24, 2.45) is 0 Å². The van der Waals surface area contributed by atoms with Crippen LogP contribution in [0.15, 0.2) is 41.3 Å². The minimum absolute atomic E-state index is 0.190. The molecule has 4 nitrogen and oxygen atoms in total. The number of pyridine rings is 1. The Balaban J connectivity index is 2.40. The normalized spacial score (nSPS) is 10.3. The number of hydrogen-bond donors (Lipinski definition) is 1. The van der Waals surface area contributed by atoms with Crippen LogP contribution in [0, 0.1) is 6.92 Å². The van der Waals surface area contributed by atoms with Crippen LogP contribution in [0.2, 0.25) is 0 Å². The fourth-order valence-electron chi connectivity index (χ4n) is 1.82. The Hall–Kier alpha value is -2.23. The maximum Gasteiger partial charge on any atom is 0.293 e. The molecular weight excluding hydrogens is 230 g/mol. The maximum absolute atomic E-state index is 12.0. The highest BCUT2D eigenvalue weighted by Gasteiger charge is 2.06. The third-order valence-corrected chi connectivity index (χ3v) is 2.78. The highest BCUT2D eigenvalue weighted by Crippen LogP contribution is 2.19. The molecule has 0 atom stereocenters. The van der Waals surface area contributed by atoms with Crippen LogP contribution in [0.5, 0.6) is 11.5 Å². The van der Waals surface area contributed by atoms with E-state index < -0.39 is 0 Å². The van der Waals surface area contributed by atoms with Crippen LogP contribution in [-0.2, 0) is 6.54 Å². The summed E-state index contributed by atoms with van der Waals surface area (Å²) in [7, 11) is 1.46. The number of nitrogens with zero attached hydrogens (tertiary/aromatic N) is 1. The summed E-state index contributed by atoms with van der Waals surface area (Å²) in [4.78, 5) is 12.0. The van der Waals surface area contributed by atoms with E-state index in [2.05, 4.69) is 0 Å². The van der Waals surface area contributed by atoms with E-state index >= 15 is 0 Å². The van der Waals surface area contributed by atoms with Gasteiger partial charge < -0.3 is 14.4 Å². The largest absolute Gasteiger partial charge is 0.508 e. The standard InChI is InChI=1S/C14H15NO3/c1-10-5-6-12(16)11(8-10)9-15-7-3-4-13(18-2)14(15)17/h3-8,16H,9H2,1-2H3. The second-order valence-electron chi connectivity index (χ2n) is 4.14. The topological polar surface area (TPSA) is 51.5 Å². The smallest absolute Gasteiger partial charge is 0.293 e. The molecule has 0 spiro atoms. The third kappa shape index (κ3) is 2.37. The van der Waals surface area contributed by atoms with Gasteiger partial charge >= 0.3 is 0 Å². The molecule has 0 unspecified atom stereocenters. The van der Waals surface area contributed by atoms with Crippen molar-refractivity contribution in [3.05, 3.63) is 58.0 Å². The molecule has 0 aliphatic carbocycles. The number of rotatable bonds is 3. The number of methoxy groups -OCH3 is 1. The van der Waals surface area contributed by atoms with Gasteiger partial charge in [-0.2, -0.15) is 0 Å². The van der Waals surface area contributed by atoms with Crippen molar-refractivity contribution in [1.82, 2.24) is 4.57 Å². The molecule has 1 aromatic carbocycles. The summed E-state index contributed by atoms with van der Waals surface area (Å²) >= 11 is 0. The van der Waals surface area contributed by atoms with Gasteiger partial charge in [0.05, 0.1) is 13.7 Å². The molecular formula is C14H15NO3. The molecule has 2 rings (SSSR count). The molecule has 94 valence electrons. The molecule has 2 aromatic rings. The maximum atomic E-state index is 12.0. The number of hydrogen-bond acceptors (Lipinski definition) is 3. The van der Waals surface area contributed by atoms with Crippen molar-refractivity contribution in [2.75, 3.05) is 7.11 Å². The average molecular weight is 245 g/mol. The Morgan fingerprint density at radius 1 is 1.33 bits per heavy atom. The molecule has 1 N–H and O–H groups in total. The molecule has 0 radical (unpaired) electrons. The van der Waals surface area contributed by atoms with E-state index in [1.54, 1.807) is 24.4 Å². The van der Waals surface area contributed by atoms with Crippen molar-refractivity contribution in [3.8, 4) is 11.5 Å². The Morgan fingerprint density at radius 3 is 2.83 bits per heavy atom. The van der Waals surface area contributed by atoms with Crippen LogP contribution in [0.25, 0.3) is 0 Å². The van der Waals surface area contributed by atoms with Crippen LogP contribution >= 0.6 is 0 Å². The van der Waals surface area contributed by atoms with Crippen LogP contribution < -0.4 is 10.3 Å². The Morgan fingerprint density at radius 2 is 2.11 bits per heavy atom. The van der Waals surface area contributed by atoms with Gasteiger partial charge in [-0.05, 0) is 25.1 Å². The van der Waals surface area contributed by atoms with Crippen LogP contribution in [0.3, 0.4) is 0 Å². The Labute approximate surface area is 105 Å². The van der Waals surface area contributed by atoms with Crippen molar-refractivity contribution in [1.29, 1.82) is 0 Å². The lowest BCUT2D eigenvalue weighted by atomic mass is 10.1. The fourth-order valence-corrected chi connectivity index (χ4v) is 1.82. The van der Waals surface area contributed by atoms with Gasteiger partial charge in [-0.25, -0.2) is 0 Å². The minimum Gasteiger partial charge on any atom is -0.508 e. The van der Waals surface area contributed by atoms with E-state index in [9.17, 15) is 9.90 Å². The average Bonchev–Trinajstić information content (AvgIpc) is 2.36. The Bertz CT molecular complexity index is 617. The summed E-state index contributed by atoms with van der Waals surface area (Å²) in [6, 6.07) is 8.69. The summed E-state index contributed by atoms with van der Waals surface area (Å²) in [5.41, 5.74) is 1.55. The molecule has 0 saturated carbocycles. The molecule has 0 bridgehead atoms. The Kier molecular flexibility index (Phi) is 3.37. The van der Waals surface area contributed by atoms with Gasteiger partial charge in [0, 0.05) is 11.8 Å². The molecule has 18 heavy (non-hydrogen) atoms. The number of aromatic nitrogens is 1. The highest BCUT2D eigenvalue weighted by molar-refractivity contribution is 5.36. The van der Waals surface area contributed by atoms with Crippen molar-refractivity contribution in [3.63, 3.8) is 0 Å². The summed E-state index contributed by atoms with van der Waals surface area (Å²) in [5, 5.41) is 9.77. The van der Waals surface area contributed by atoms with Crippen molar-refractivity contribution in [2.45, 2.75) is 13.5 Å². The van der Waals surface area contributed by atoms with Gasteiger partial charge in [-0.1, -0.05) is 17.7 Å². The SMILES string of the molecule is COc1cccn(Cc2cc(C)ccc2O)c1=O. The van der Waals surface area contributed by atoms with E-state index in [1.807, 2.05) is 19.1 Å². The molecule has 0 amide bonds. The number of ether oxygens (including phenoxy) is 1. The van der Waals surface area contributed by atoms with Crippen molar-refractivity contribution < 1.29 is 9.84 Å². The van der Waals surface area contributed by atoms with Gasteiger partial charge in [0.1, 0.15) is 5.75 Å². The third-order valence-electron chi connectivity index (χ3n) is 2.78. The molecule has 0 aliphatic rings. The summed E-state index contributed by atoms with van der Waals surface area (Å²) in [6.07, 6.45) is 1.67. The first-order valence-corrected chi connectivity index (χ1v) is 5.64. The summed E-state index contributed by atoms with van der Waals surface area (Å²) < 4.78 is 6.49. The summed E-state index contributed by atoms with van der Waals surface area (Å²) in [6.45, 7) is 2.26. The number of benzene rings is 1. The van der Waals surface area contributed by atoms with E-state index in [0.717, 1.165) is 5.56 Å². The molecule has 0 fully saturated rings. The van der Waals surface area contributed by atoms with E-state index in [4.69, 9.17) is 4.74 Å². The minimum atomic E-state index is -0.207. The second-order valence-corrected chi connectivity index (χ2v) is 4.14. The highest BCUT2D eigenvalue weighted by atomic mass is 16.5. The van der Waals surface area contributed by atoms with Gasteiger partial charge in [-0.15, -0.1) is 0 Å². The van der Waals surface area contributed by atoms with Crippen LogP contribution in [0.4, 0.5) is 0 Å². The zero-order chi connectivity index (χ0) is 13.1. The quantitative estimate of drug-likeness (QED) is 0.898. The summed E-state index contributed by atoms with van der Waals surface area (Å²) in [5.74, 6) is 0.486. The second kappa shape index (κ2) is 4.96. The number of aromatic hydroxyl groups is 1. The lowest BCUT2D eigenvalue weighted by molar-refractivity contribution is 0.403. The molecule has 0 aliphatic heterocycles. The van der Waals surface area contributed by atoms with Crippen molar-refractivity contribution >= 4 is 0 Å². The van der Waals surface area contributed by atoms with Gasteiger partial charge in [0.15, 0.2) is 5.75 Å². The van der Waals surface area contributed by atoms with Crippen LogP contribution in [-0.4, -0.2) is 16.8 Å².